The van der Waals surface area contributed by atoms with Crippen molar-refractivity contribution in [3.05, 3.63) is 0 Å². The number of alkyl halides is 3. The van der Waals surface area contributed by atoms with Gasteiger partial charge >= 0.3 is 21.3 Å². The molecule has 0 bridgehead atoms. The van der Waals surface area contributed by atoms with Gasteiger partial charge in [-0.1, -0.05) is 0 Å². The van der Waals surface area contributed by atoms with Crippen LogP contribution in [-0.4, -0.2) is 37.0 Å². The Morgan fingerprint density at radius 1 is 1.47 bits per heavy atom. The molecule has 1 fully saturated rings. The van der Waals surface area contributed by atoms with Gasteiger partial charge in [0.25, 0.3) is 0 Å². The Labute approximate surface area is 95.7 Å². The van der Waals surface area contributed by atoms with Crippen molar-refractivity contribution in [1.29, 1.82) is 0 Å². The Morgan fingerprint density at radius 3 is 2.41 bits per heavy atom. The number of halogens is 3. The molecule has 0 amide bonds. The van der Waals surface area contributed by atoms with Crippen molar-refractivity contribution in [3.63, 3.8) is 0 Å². The molecule has 0 radical (unpaired) electrons. The highest BCUT2D eigenvalue weighted by Gasteiger charge is 2.52. The van der Waals surface area contributed by atoms with Gasteiger partial charge in [-0.05, 0) is 12.8 Å². The molecular formula is C8H11F3O5S. The van der Waals surface area contributed by atoms with E-state index in [1.54, 1.807) is 0 Å². The van der Waals surface area contributed by atoms with Crippen LogP contribution < -0.4 is 0 Å². The summed E-state index contributed by atoms with van der Waals surface area (Å²) in [4.78, 5) is 10.9. The van der Waals surface area contributed by atoms with Crippen LogP contribution in [-0.2, 0) is 19.6 Å². The topological polar surface area (TPSA) is 80.7 Å². The average Bonchev–Trinajstić information content (AvgIpc) is 2.98. The quantitative estimate of drug-likeness (QED) is 0.581. The van der Waals surface area contributed by atoms with Crippen LogP contribution in [0, 0.1) is 5.92 Å². The van der Waals surface area contributed by atoms with E-state index < -0.39 is 40.5 Å². The molecule has 1 atom stereocenters. The van der Waals surface area contributed by atoms with Crippen LogP contribution in [0.25, 0.3) is 0 Å². The van der Waals surface area contributed by atoms with Crippen LogP contribution in [0.15, 0.2) is 0 Å². The monoisotopic (exact) mass is 276 g/mol. The lowest BCUT2D eigenvalue weighted by atomic mass is 10.3. The van der Waals surface area contributed by atoms with Gasteiger partial charge in [0.05, 0.1) is 12.5 Å². The minimum atomic E-state index is -5.81. The zero-order valence-corrected chi connectivity index (χ0v) is 9.42. The molecule has 0 aliphatic heterocycles. The first kappa shape index (κ1) is 14.2. The van der Waals surface area contributed by atoms with E-state index >= 15 is 0 Å². The second kappa shape index (κ2) is 4.81. The summed E-state index contributed by atoms with van der Waals surface area (Å²) >= 11 is 0. The number of hydrogen-bond acceptors (Lipinski definition) is 4. The van der Waals surface area contributed by atoms with Crippen LogP contribution in [0.3, 0.4) is 0 Å². The molecular weight excluding hydrogens is 265 g/mol. The summed E-state index contributed by atoms with van der Waals surface area (Å²) in [7, 11) is -5.81. The van der Waals surface area contributed by atoms with Crippen LogP contribution in [0.1, 0.15) is 19.3 Å². The van der Waals surface area contributed by atoms with Crippen LogP contribution in [0.2, 0.25) is 0 Å². The standard InChI is InChI=1S/C8H11F3O5S/c9-6(8(10,11)17(13,14)15)3-4-16-7(12)5-1-2-5/h5-6H,1-4H2,(H,13,14,15). The molecule has 1 aliphatic rings. The molecule has 100 valence electrons. The molecule has 0 saturated heterocycles. The third kappa shape index (κ3) is 3.56. The van der Waals surface area contributed by atoms with Crippen molar-refractivity contribution in [3.8, 4) is 0 Å². The third-order valence-corrected chi connectivity index (χ3v) is 3.18. The van der Waals surface area contributed by atoms with E-state index in [0.717, 1.165) is 0 Å². The van der Waals surface area contributed by atoms with Gasteiger partial charge in [-0.2, -0.15) is 17.2 Å². The first-order valence-corrected chi connectivity index (χ1v) is 6.26. The molecule has 0 heterocycles. The fourth-order valence-electron chi connectivity index (χ4n) is 1.03. The first-order valence-electron chi connectivity index (χ1n) is 4.82. The van der Waals surface area contributed by atoms with Crippen molar-refractivity contribution in [2.45, 2.75) is 30.7 Å². The second-order valence-corrected chi connectivity index (χ2v) is 5.23. The molecule has 17 heavy (non-hydrogen) atoms. The molecule has 1 N–H and O–H groups in total. The molecule has 0 aromatic rings. The Morgan fingerprint density at radius 2 is 2.00 bits per heavy atom. The molecule has 1 saturated carbocycles. The number of carbonyl (C=O) groups is 1. The van der Waals surface area contributed by atoms with E-state index in [-0.39, 0.29) is 5.92 Å². The van der Waals surface area contributed by atoms with Crippen molar-refractivity contribution in [2.24, 2.45) is 5.92 Å². The normalized spacial score (nSPS) is 18.8. The van der Waals surface area contributed by atoms with E-state index in [1.165, 1.54) is 0 Å². The number of rotatable bonds is 6. The largest absolute Gasteiger partial charge is 0.465 e. The van der Waals surface area contributed by atoms with E-state index in [0.29, 0.717) is 12.8 Å². The lowest BCUT2D eigenvalue weighted by molar-refractivity contribution is -0.146. The van der Waals surface area contributed by atoms with Gasteiger partial charge in [-0.15, -0.1) is 0 Å². The van der Waals surface area contributed by atoms with Gasteiger partial charge < -0.3 is 4.74 Å². The maximum absolute atomic E-state index is 12.9. The Hall–Kier alpha value is -0.830. The van der Waals surface area contributed by atoms with Gasteiger partial charge in [0.2, 0.25) is 0 Å². The summed E-state index contributed by atoms with van der Waals surface area (Å²) in [6.07, 6.45) is -2.81. The lowest BCUT2D eigenvalue weighted by Crippen LogP contribution is -2.39. The van der Waals surface area contributed by atoms with Gasteiger partial charge in [0.15, 0.2) is 6.17 Å². The van der Waals surface area contributed by atoms with E-state index in [2.05, 4.69) is 4.74 Å². The number of esters is 1. The SMILES string of the molecule is O=C(OCCC(F)C(F)(F)S(=O)(=O)O)C1CC1. The van der Waals surface area contributed by atoms with Crippen LogP contribution in [0.4, 0.5) is 13.2 Å². The minimum absolute atomic E-state index is 0.254. The summed E-state index contributed by atoms with van der Waals surface area (Å²) in [5, 5.41) is -4.89. The first-order chi connectivity index (χ1) is 7.66. The molecule has 1 aliphatic carbocycles. The Bertz CT molecular complexity index is 390. The minimum Gasteiger partial charge on any atom is -0.465 e. The van der Waals surface area contributed by atoms with Crippen LogP contribution in [0.5, 0.6) is 0 Å². The molecule has 5 nitrogen and oxygen atoms in total. The maximum atomic E-state index is 12.9. The highest BCUT2D eigenvalue weighted by molar-refractivity contribution is 7.86. The predicted molar refractivity (Wildman–Crippen MR) is 49.7 cm³/mol. The molecule has 0 spiro atoms. The average molecular weight is 276 g/mol. The summed E-state index contributed by atoms with van der Waals surface area (Å²) in [6.45, 7) is -0.651. The van der Waals surface area contributed by atoms with Crippen LogP contribution >= 0.6 is 0 Å². The lowest BCUT2D eigenvalue weighted by Gasteiger charge is -2.17. The van der Waals surface area contributed by atoms with Gasteiger partial charge in [-0.25, -0.2) is 4.39 Å². The molecule has 9 heteroatoms. The van der Waals surface area contributed by atoms with Crippen molar-refractivity contribution >= 4 is 16.1 Å². The highest BCUT2D eigenvalue weighted by atomic mass is 32.2. The van der Waals surface area contributed by atoms with Crippen molar-refractivity contribution < 1.29 is 35.7 Å². The van der Waals surface area contributed by atoms with E-state index in [9.17, 15) is 26.4 Å². The fourth-order valence-corrected chi connectivity index (χ4v) is 1.47. The van der Waals surface area contributed by atoms with Crippen molar-refractivity contribution in [2.75, 3.05) is 6.61 Å². The molecule has 1 unspecified atom stereocenters. The zero-order valence-electron chi connectivity index (χ0n) is 8.61. The van der Waals surface area contributed by atoms with Gasteiger partial charge in [0.1, 0.15) is 0 Å². The Balaban J connectivity index is 2.38. The second-order valence-electron chi connectivity index (χ2n) is 3.73. The summed E-state index contributed by atoms with van der Waals surface area (Å²) in [6, 6.07) is 0. The smallest absolute Gasteiger partial charge is 0.400 e. The fraction of sp³-hybridized carbons (Fsp3) is 0.875. The summed E-state index contributed by atoms with van der Waals surface area (Å²) < 4.78 is 71.1. The van der Waals surface area contributed by atoms with Crippen molar-refractivity contribution in [1.82, 2.24) is 0 Å². The third-order valence-electron chi connectivity index (χ3n) is 2.23. The maximum Gasteiger partial charge on any atom is 0.400 e. The van der Waals surface area contributed by atoms with Gasteiger partial charge in [-0.3, -0.25) is 9.35 Å². The molecule has 1 rings (SSSR count). The number of carbonyl (C=O) groups excluding carboxylic acids is 1. The number of hydrogen-bond donors (Lipinski definition) is 1. The van der Waals surface area contributed by atoms with E-state index in [4.69, 9.17) is 4.55 Å². The number of ether oxygens (including phenoxy) is 1. The zero-order chi connectivity index (χ0) is 13.3. The molecule has 0 aromatic carbocycles. The highest BCUT2D eigenvalue weighted by Crippen LogP contribution is 2.31. The summed E-state index contributed by atoms with van der Waals surface area (Å²) in [5.41, 5.74) is 0. The van der Waals surface area contributed by atoms with Gasteiger partial charge in [0, 0.05) is 6.42 Å². The summed E-state index contributed by atoms with van der Waals surface area (Å²) in [5.74, 6) is -0.859. The Kier molecular flexibility index (Phi) is 4.03. The van der Waals surface area contributed by atoms with E-state index in [1.807, 2.05) is 0 Å². The molecule has 0 aromatic heterocycles. The predicted octanol–water partition coefficient (Wildman–Crippen LogP) is 1.15.